The predicted octanol–water partition coefficient (Wildman–Crippen LogP) is 5.25. The fourth-order valence-electron chi connectivity index (χ4n) is 4.12. The lowest BCUT2D eigenvalue weighted by Gasteiger charge is -2.19. The third-order valence-corrected chi connectivity index (χ3v) is 7.62. The van der Waals surface area contributed by atoms with Gasteiger partial charge in [-0.15, -0.1) is 0 Å². The van der Waals surface area contributed by atoms with Gasteiger partial charge in [-0.05, 0) is 29.8 Å². The molecule has 0 saturated carbocycles. The molecule has 4 nitrogen and oxygen atoms in total. The van der Waals surface area contributed by atoms with Gasteiger partial charge in [0.2, 0.25) is 0 Å². The van der Waals surface area contributed by atoms with Crippen LogP contribution in [0.25, 0.3) is 5.70 Å². The Balaban J connectivity index is 1.79. The van der Waals surface area contributed by atoms with Crippen molar-refractivity contribution in [3.8, 4) is 0 Å². The van der Waals surface area contributed by atoms with E-state index in [4.69, 9.17) is 0 Å². The largest absolute Gasteiger partial charge is 0.416 e. The van der Waals surface area contributed by atoms with Crippen molar-refractivity contribution in [2.75, 3.05) is 5.32 Å². The Morgan fingerprint density at radius 1 is 0.806 bits per heavy atom. The SMILES string of the molecule is O=C1C2=C(Nc3ccccc3S(=O)(=O)C2c2ccc(C(F)(F)F)cc2)c2ccccc21. The zero-order valence-electron chi connectivity index (χ0n) is 15.8. The lowest BCUT2D eigenvalue weighted by Crippen LogP contribution is -2.19. The molecule has 1 N–H and O–H groups in total. The molecule has 0 bridgehead atoms. The van der Waals surface area contributed by atoms with Crippen LogP contribution in [0.3, 0.4) is 0 Å². The minimum atomic E-state index is -4.56. The summed E-state index contributed by atoms with van der Waals surface area (Å²) in [6.07, 6.45) is -4.56. The quantitative estimate of drug-likeness (QED) is 0.560. The first kappa shape index (κ1) is 19.6. The van der Waals surface area contributed by atoms with Gasteiger partial charge in [0, 0.05) is 16.7 Å². The van der Waals surface area contributed by atoms with Crippen LogP contribution in [0.2, 0.25) is 0 Å². The number of carbonyl (C=O) groups excluding carboxylic acids is 1. The maximum Gasteiger partial charge on any atom is 0.416 e. The van der Waals surface area contributed by atoms with Crippen LogP contribution in [-0.4, -0.2) is 14.2 Å². The molecule has 3 aromatic rings. The molecule has 0 radical (unpaired) electrons. The van der Waals surface area contributed by atoms with Crippen LogP contribution in [0.1, 0.15) is 32.3 Å². The van der Waals surface area contributed by atoms with Gasteiger partial charge in [0.25, 0.3) is 0 Å². The number of carbonyl (C=O) groups is 1. The summed E-state index contributed by atoms with van der Waals surface area (Å²) < 4.78 is 66.5. The van der Waals surface area contributed by atoms with Crippen LogP contribution in [-0.2, 0) is 16.0 Å². The summed E-state index contributed by atoms with van der Waals surface area (Å²) in [5.41, 5.74) is 0.805. The first-order valence-corrected chi connectivity index (χ1v) is 10.9. The van der Waals surface area contributed by atoms with Crippen molar-refractivity contribution in [1.82, 2.24) is 0 Å². The molecule has 156 valence electrons. The summed E-state index contributed by atoms with van der Waals surface area (Å²) in [5.74, 6) is -0.459. The smallest absolute Gasteiger partial charge is 0.354 e. The van der Waals surface area contributed by atoms with Crippen LogP contribution in [0, 0.1) is 0 Å². The fourth-order valence-corrected chi connectivity index (χ4v) is 6.11. The Bertz CT molecular complexity index is 1370. The number of rotatable bonds is 1. The number of nitrogens with one attached hydrogen (secondary N) is 1. The molecule has 1 heterocycles. The number of hydrogen-bond donors (Lipinski definition) is 1. The molecule has 0 spiro atoms. The van der Waals surface area contributed by atoms with Gasteiger partial charge in [-0.1, -0.05) is 48.5 Å². The van der Waals surface area contributed by atoms with Gasteiger partial charge in [0.05, 0.1) is 21.8 Å². The van der Waals surface area contributed by atoms with E-state index in [1.54, 1.807) is 42.5 Å². The first-order valence-electron chi connectivity index (χ1n) is 9.35. The number of para-hydroxylation sites is 1. The maximum absolute atomic E-state index is 13.7. The Labute approximate surface area is 176 Å². The predicted molar refractivity (Wildman–Crippen MR) is 109 cm³/mol. The van der Waals surface area contributed by atoms with Gasteiger partial charge in [-0.25, -0.2) is 8.42 Å². The van der Waals surface area contributed by atoms with Gasteiger partial charge in [0.1, 0.15) is 5.25 Å². The highest BCUT2D eigenvalue weighted by Crippen LogP contribution is 2.49. The molecular weight excluding hydrogens is 427 g/mol. The summed E-state index contributed by atoms with van der Waals surface area (Å²) in [7, 11) is -4.15. The number of fused-ring (bicyclic) bond motifs is 3. The summed E-state index contributed by atoms with van der Waals surface area (Å²) >= 11 is 0. The molecule has 1 aliphatic carbocycles. The molecule has 0 fully saturated rings. The molecular formula is C23H14F3NO3S. The van der Waals surface area contributed by atoms with Crippen molar-refractivity contribution in [2.24, 2.45) is 0 Å². The van der Waals surface area contributed by atoms with Crippen LogP contribution in [0.15, 0.2) is 83.3 Å². The Morgan fingerprint density at radius 3 is 2.10 bits per heavy atom. The van der Waals surface area contributed by atoms with Crippen molar-refractivity contribution >= 4 is 27.0 Å². The zero-order chi connectivity index (χ0) is 22.0. The molecule has 0 aromatic heterocycles. The van der Waals surface area contributed by atoms with Crippen molar-refractivity contribution in [3.05, 3.63) is 101 Å². The lowest BCUT2D eigenvalue weighted by molar-refractivity contribution is -0.137. The standard InChI is InChI=1S/C23H14F3NO3S/c24-23(25,26)14-11-9-13(10-12-14)22-19-20(15-5-1-2-6-16(15)21(19)28)27-17-7-3-4-8-18(17)31(22,29)30/h1-12,22,27H. The average Bonchev–Trinajstić information content (AvgIpc) is 2.94. The third-order valence-electron chi connectivity index (χ3n) is 5.52. The van der Waals surface area contributed by atoms with Crippen molar-refractivity contribution in [3.63, 3.8) is 0 Å². The summed E-state index contributed by atoms with van der Waals surface area (Å²) in [6, 6.07) is 16.9. The molecule has 0 saturated heterocycles. The number of hydrogen-bond acceptors (Lipinski definition) is 4. The lowest BCUT2D eigenvalue weighted by atomic mass is 9.99. The van der Waals surface area contributed by atoms with Gasteiger partial charge < -0.3 is 5.32 Å². The van der Waals surface area contributed by atoms with Crippen molar-refractivity contribution in [2.45, 2.75) is 16.3 Å². The number of anilines is 1. The second kappa shape index (κ2) is 6.55. The van der Waals surface area contributed by atoms with Crippen LogP contribution >= 0.6 is 0 Å². The molecule has 8 heteroatoms. The van der Waals surface area contributed by atoms with E-state index in [2.05, 4.69) is 5.32 Å². The normalized spacial score (nSPS) is 19.2. The second-order valence-corrected chi connectivity index (χ2v) is 9.33. The number of ketones is 1. The topological polar surface area (TPSA) is 63.2 Å². The Morgan fingerprint density at radius 2 is 1.42 bits per heavy atom. The Kier molecular flexibility index (Phi) is 4.14. The molecule has 1 aliphatic heterocycles. The average molecular weight is 441 g/mol. The van der Waals surface area contributed by atoms with E-state index in [0.717, 1.165) is 24.3 Å². The van der Waals surface area contributed by atoms with Gasteiger partial charge >= 0.3 is 6.18 Å². The minimum Gasteiger partial charge on any atom is -0.354 e. The van der Waals surface area contributed by atoms with Gasteiger partial charge in [-0.3, -0.25) is 4.79 Å². The fraction of sp³-hybridized carbons (Fsp3) is 0.0870. The van der Waals surface area contributed by atoms with Crippen molar-refractivity contribution < 1.29 is 26.4 Å². The highest BCUT2D eigenvalue weighted by atomic mass is 32.2. The summed E-state index contributed by atoms with van der Waals surface area (Å²) in [6.45, 7) is 0. The molecule has 1 atom stereocenters. The zero-order valence-corrected chi connectivity index (χ0v) is 16.6. The van der Waals surface area contributed by atoms with Gasteiger partial charge in [-0.2, -0.15) is 13.2 Å². The van der Waals surface area contributed by atoms with E-state index in [9.17, 15) is 26.4 Å². The second-order valence-electron chi connectivity index (χ2n) is 7.33. The first-order chi connectivity index (χ1) is 14.7. The maximum atomic E-state index is 13.7. The third kappa shape index (κ3) is 2.90. The molecule has 0 amide bonds. The van der Waals surface area contributed by atoms with Crippen LogP contribution in [0.4, 0.5) is 18.9 Å². The number of benzene rings is 3. The van der Waals surface area contributed by atoms with Crippen LogP contribution < -0.4 is 5.32 Å². The minimum absolute atomic E-state index is 0.0113. The molecule has 1 unspecified atom stereocenters. The molecule has 5 rings (SSSR count). The number of Topliss-reactive ketones (excluding diaryl/α,β-unsaturated/α-hetero) is 1. The highest BCUT2D eigenvalue weighted by Gasteiger charge is 2.45. The van der Waals surface area contributed by atoms with E-state index in [1.165, 1.54) is 6.07 Å². The van der Waals surface area contributed by atoms with Crippen LogP contribution in [0.5, 0.6) is 0 Å². The van der Waals surface area contributed by atoms with Gasteiger partial charge in [0.15, 0.2) is 15.6 Å². The van der Waals surface area contributed by atoms with E-state index in [-0.39, 0.29) is 16.0 Å². The monoisotopic (exact) mass is 441 g/mol. The number of halogens is 3. The van der Waals surface area contributed by atoms with E-state index >= 15 is 0 Å². The molecule has 3 aromatic carbocycles. The molecule has 2 aliphatic rings. The number of alkyl halides is 3. The van der Waals surface area contributed by atoms with E-state index in [0.29, 0.717) is 22.5 Å². The molecule has 31 heavy (non-hydrogen) atoms. The summed E-state index contributed by atoms with van der Waals surface area (Å²) in [4.78, 5) is 13.3. The van der Waals surface area contributed by atoms with E-state index in [1.807, 2.05) is 0 Å². The number of sulfone groups is 1. The highest BCUT2D eigenvalue weighted by molar-refractivity contribution is 7.92. The summed E-state index contributed by atoms with van der Waals surface area (Å²) in [5, 5.41) is 1.65. The van der Waals surface area contributed by atoms with Crippen molar-refractivity contribution in [1.29, 1.82) is 0 Å². The van der Waals surface area contributed by atoms with E-state index < -0.39 is 32.6 Å². The Hall–Kier alpha value is -3.39.